The SMILES string of the molecule is Brc1ccc(-c2cccc(-c3ccc4oc5ccccc5c4c3)c2)cc1.Brc1cccc(-c2ccc3oc4ccccc4c3c2)c1.O[B]Oc1cccc(-c2ccc3oc4ccccc4c3c2)c1.c1cc(Nc2cccc(-c3cccc4c3oc3ccccc34)c2)cc(-c2cccc3c2oc2ccccc23)c1. The highest BCUT2D eigenvalue weighted by Gasteiger charge is 2.17. The molecule has 16 aromatic carbocycles. The Morgan fingerprint density at radius 2 is 0.561 bits per heavy atom. The Morgan fingerprint density at radius 1 is 0.234 bits per heavy atom. The average molecular weight is 1510 g/mol. The van der Waals surface area contributed by atoms with E-state index in [1.54, 1.807) is 6.07 Å². The summed E-state index contributed by atoms with van der Waals surface area (Å²) in [5.41, 5.74) is 24.9. The number of rotatable bonds is 10. The molecule has 0 aliphatic heterocycles. The van der Waals surface area contributed by atoms with Crippen molar-refractivity contribution in [3.63, 3.8) is 0 Å². The highest BCUT2D eigenvalue weighted by atomic mass is 79.9. The summed E-state index contributed by atoms with van der Waals surface area (Å²) in [6.45, 7) is 0. The number of halogens is 2. The predicted octanol–water partition coefficient (Wildman–Crippen LogP) is 28.4. The van der Waals surface area contributed by atoms with Crippen LogP contribution in [0, 0.1) is 0 Å². The number of nitrogens with one attached hydrogen (secondary N) is 1. The second-order valence-electron chi connectivity index (χ2n) is 26.1. The van der Waals surface area contributed by atoms with E-state index in [1.807, 2.05) is 115 Å². The average Bonchev–Trinajstić information content (AvgIpc) is 1.64. The molecule has 0 amide bonds. The zero-order valence-electron chi connectivity index (χ0n) is 57.3. The molecule has 0 saturated carbocycles. The van der Waals surface area contributed by atoms with Gasteiger partial charge in [-0.2, -0.15) is 0 Å². The molecule has 11 heteroatoms. The Morgan fingerprint density at radius 3 is 1.01 bits per heavy atom. The van der Waals surface area contributed by atoms with Gasteiger partial charge in [-0.15, -0.1) is 0 Å². The number of hydrogen-bond donors (Lipinski definition) is 2. The molecule has 0 spiro atoms. The third kappa shape index (κ3) is 13.4. The minimum Gasteiger partial charge on any atom is -0.537 e. The molecular formula is C96H61BBr2NO7. The maximum atomic E-state index is 8.75. The molecule has 21 aromatic rings. The van der Waals surface area contributed by atoms with Gasteiger partial charge in [0.25, 0.3) is 0 Å². The Kier molecular flexibility index (Phi) is 17.9. The normalized spacial score (nSPS) is 11.3. The summed E-state index contributed by atoms with van der Waals surface area (Å²) in [7, 11) is 0.686. The van der Waals surface area contributed by atoms with Gasteiger partial charge in [0.05, 0.1) is 0 Å². The second-order valence-corrected chi connectivity index (χ2v) is 28.0. The quantitative estimate of drug-likeness (QED) is 0.130. The molecule has 0 saturated heterocycles. The van der Waals surface area contributed by atoms with Crippen LogP contribution in [0.1, 0.15) is 0 Å². The lowest BCUT2D eigenvalue weighted by atomic mass is 9.98. The van der Waals surface area contributed by atoms with Crippen LogP contribution in [0.2, 0.25) is 0 Å². The highest BCUT2D eigenvalue weighted by Crippen LogP contribution is 2.42. The van der Waals surface area contributed by atoms with Crippen LogP contribution in [0.15, 0.2) is 389 Å². The first kappa shape index (κ1) is 66.1. The van der Waals surface area contributed by atoms with Gasteiger partial charge in [-0.25, -0.2) is 0 Å². The molecular weight excluding hydrogens is 1450 g/mol. The molecule has 0 atom stereocenters. The van der Waals surface area contributed by atoms with E-state index in [2.05, 4.69) is 274 Å². The largest absolute Gasteiger partial charge is 0.569 e. The molecule has 2 N–H and O–H groups in total. The van der Waals surface area contributed by atoms with Gasteiger partial charge in [0.1, 0.15) is 61.6 Å². The van der Waals surface area contributed by atoms with Gasteiger partial charge in [-0.05, 0) is 189 Å². The fraction of sp³-hybridized carbons (Fsp3) is 0. The molecule has 0 unspecified atom stereocenters. The smallest absolute Gasteiger partial charge is 0.537 e. The fourth-order valence-corrected chi connectivity index (χ4v) is 15.0. The third-order valence-corrected chi connectivity index (χ3v) is 20.5. The summed E-state index contributed by atoms with van der Waals surface area (Å²) in [4.78, 5) is 0. The monoisotopic (exact) mass is 1510 g/mol. The number of hydrogen-bond acceptors (Lipinski definition) is 8. The Hall–Kier alpha value is -12.9. The topological polar surface area (TPSA) is 107 Å². The maximum Gasteiger partial charge on any atom is 0.569 e. The van der Waals surface area contributed by atoms with Crippen LogP contribution in [-0.2, 0) is 0 Å². The first-order valence-corrected chi connectivity index (χ1v) is 36.7. The standard InChI is InChI=1S/C36H23NO2.C24H15BrO.C18H12BO3.C18H11BrO/c1-3-19-33-29(13-1)31-17-7-15-27(35(31)38-33)23-9-5-11-25(21-23)37-26-12-6-10-24(22-26)28-16-8-18-32-30-14-2-4-20-34(30)39-36(28)32;25-20-11-8-16(9-12-20)17-4-3-5-18(14-17)19-10-13-24-22(15-19)21-6-1-2-7-23(21)26-24;20-19-22-14-5-3-4-12(10-14)13-8-9-18-16(11-13)15-6-1-2-7-17(15)21-18;19-14-5-3-4-12(10-14)13-8-9-18-16(11-13)15-6-1-2-7-17(15)20-18/h1-22,37H;1-15H;1-11,20H;1-11H. The van der Waals surface area contributed by atoms with Crippen LogP contribution >= 0.6 is 31.9 Å². The summed E-state index contributed by atoms with van der Waals surface area (Å²) in [6, 6.07) is 122. The lowest BCUT2D eigenvalue weighted by Gasteiger charge is -2.11. The number of benzene rings is 16. The number of anilines is 2. The minimum absolute atomic E-state index is 0.595. The lowest BCUT2D eigenvalue weighted by Crippen LogP contribution is -1.99. The van der Waals surface area contributed by atoms with E-state index < -0.39 is 0 Å². The van der Waals surface area contributed by atoms with Gasteiger partial charge < -0.3 is 37.1 Å². The van der Waals surface area contributed by atoms with Crippen molar-refractivity contribution < 1.29 is 31.8 Å². The Balaban J connectivity index is 0.000000105. The zero-order chi connectivity index (χ0) is 71.7. The van der Waals surface area contributed by atoms with Gasteiger partial charge >= 0.3 is 7.69 Å². The first-order valence-electron chi connectivity index (χ1n) is 35.1. The molecule has 0 aliphatic carbocycles. The fourth-order valence-electron chi connectivity index (χ4n) is 14.4. The van der Waals surface area contributed by atoms with E-state index in [4.69, 9.17) is 31.8 Å². The maximum absolute atomic E-state index is 8.75. The van der Waals surface area contributed by atoms with Gasteiger partial charge in [-0.1, -0.05) is 256 Å². The molecule has 8 nitrogen and oxygen atoms in total. The van der Waals surface area contributed by atoms with E-state index in [0.29, 0.717) is 13.4 Å². The van der Waals surface area contributed by atoms with Crippen LogP contribution in [-0.4, -0.2) is 12.7 Å². The van der Waals surface area contributed by atoms with Crippen LogP contribution in [0.25, 0.3) is 176 Å². The van der Waals surface area contributed by atoms with Crippen LogP contribution < -0.4 is 9.97 Å². The number of furan rings is 5. The van der Waals surface area contributed by atoms with Gasteiger partial charge in [-0.3, -0.25) is 0 Å². The first-order chi connectivity index (χ1) is 52.7. The molecule has 0 aliphatic rings. The van der Waals surface area contributed by atoms with Crippen molar-refractivity contribution in [3.8, 4) is 72.5 Å². The van der Waals surface area contributed by atoms with Crippen molar-refractivity contribution in [2.24, 2.45) is 0 Å². The summed E-state index contributed by atoms with van der Waals surface area (Å²) >= 11 is 7.02. The highest BCUT2D eigenvalue weighted by molar-refractivity contribution is 9.10. The van der Waals surface area contributed by atoms with Crippen molar-refractivity contribution in [2.75, 3.05) is 5.32 Å². The molecule has 0 fully saturated rings. The molecule has 5 heterocycles. The number of para-hydroxylation sites is 7. The molecule has 107 heavy (non-hydrogen) atoms. The van der Waals surface area contributed by atoms with Crippen molar-refractivity contribution >= 4 is 161 Å². The molecule has 1 radical (unpaired) electrons. The van der Waals surface area contributed by atoms with Crippen LogP contribution in [0.5, 0.6) is 5.75 Å². The van der Waals surface area contributed by atoms with Crippen LogP contribution in [0.4, 0.5) is 11.4 Å². The molecule has 21 rings (SSSR count). The van der Waals surface area contributed by atoms with E-state index in [1.165, 1.54) is 38.8 Å². The summed E-state index contributed by atoms with van der Waals surface area (Å²) in [6.07, 6.45) is 0. The minimum atomic E-state index is 0.595. The lowest BCUT2D eigenvalue weighted by molar-refractivity contribution is 0.454. The summed E-state index contributed by atoms with van der Waals surface area (Å²) in [5.74, 6) is 0.595. The van der Waals surface area contributed by atoms with Crippen LogP contribution in [0.3, 0.4) is 0 Å². The van der Waals surface area contributed by atoms with E-state index in [9.17, 15) is 0 Å². The van der Waals surface area contributed by atoms with Gasteiger partial charge in [0.2, 0.25) is 0 Å². The second kappa shape index (κ2) is 29.0. The van der Waals surface area contributed by atoms with Crippen molar-refractivity contribution in [3.05, 3.63) is 367 Å². The van der Waals surface area contributed by atoms with E-state index >= 15 is 0 Å². The van der Waals surface area contributed by atoms with Gasteiger partial charge in [0.15, 0.2) is 0 Å². The molecule has 5 aromatic heterocycles. The Labute approximate surface area is 632 Å². The molecule has 509 valence electrons. The van der Waals surface area contributed by atoms with Crippen molar-refractivity contribution in [1.82, 2.24) is 0 Å². The summed E-state index contributed by atoms with van der Waals surface area (Å²) < 4.78 is 37.4. The van der Waals surface area contributed by atoms with Crippen molar-refractivity contribution in [1.29, 1.82) is 0 Å². The number of fused-ring (bicyclic) bond motifs is 15. The Bertz CT molecular complexity index is 6730. The zero-order valence-corrected chi connectivity index (χ0v) is 60.5. The van der Waals surface area contributed by atoms with E-state index in [-0.39, 0.29) is 0 Å². The van der Waals surface area contributed by atoms with E-state index in [0.717, 1.165) is 158 Å². The van der Waals surface area contributed by atoms with Gasteiger partial charge in [0, 0.05) is 85.3 Å². The van der Waals surface area contributed by atoms with Crippen molar-refractivity contribution in [2.45, 2.75) is 0 Å². The molecule has 0 bridgehead atoms. The third-order valence-electron chi connectivity index (χ3n) is 19.5. The summed E-state index contributed by atoms with van der Waals surface area (Å²) in [5, 5.41) is 23.8. The predicted molar refractivity (Wildman–Crippen MR) is 448 cm³/mol.